The molecule has 2 aliphatic rings. The first-order valence-corrected chi connectivity index (χ1v) is 5.37. The van der Waals surface area contributed by atoms with Gasteiger partial charge in [0.2, 0.25) is 0 Å². The van der Waals surface area contributed by atoms with Crippen LogP contribution >= 0.6 is 0 Å². The molecule has 0 aliphatic heterocycles. The first kappa shape index (κ1) is 9.88. The van der Waals surface area contributed by atoms with E-state index in [9.17, 15) is 9.59 Å². The summed E-state index contributed by atoms with van der Waals surface area (Å²) in [4.78, 5) is 23.5. The van der Waals surface area contributed by atoms with Crippen molar-refractivity contribution in [1.82, 2.24) is 0 Å². The average molecular weight is 194 g/mol. The molecule has 0 heterocycles. The Kier molecular flexibility index (Phi) is 1.74. The van der Waals surface area contributed by atoms with Gasteiger partial charge in [-0.25, -0.2) is 0 Å². The summed E-state index contributed by atoms with van der Waals surface area (Å²) in [6.45, 7) is 8.11. The van der Waals surface area contributed by atoms with E-state index in [4.69, 9.17) is 0 Å². The normalized spacial score (nSPS) is 45.7. The van der Waals surface area contributed by atoms with Gasteiger partial charge in [-0.15, -0.1) is 0 Å². The minimum atomic E-state index is -0.316. The topological polar surface area (TPSA) is 34.1 Å². The van der Waals surface area contributed by atoms with Gasteiger partial charge in [0, 0.05) is 24.2 Å². The van der Waals surface area contributed by atoms with E-state index >= 15 is 0 Å². The van der Waals surface area contributed by atoms with Crippen LogP contribution in [0.2, 0.25) is 0 Å². The zero-order valence-electron chi connectivity index (χ0n) is 9.39. The summed E-state index contributed by atoms with van der Waals surface area (Å²) in [5.41, 5.74) is -0.399. The second kappa shape index (κ2) is 2.47. The lowest BCUT2D eigenvalue weighted by molar-refractivity contribution is -0.130. The van der Waals surface area contributed by atoms with Gasteiger partial charge in [0.05, 0.1) is 0 Å². The van der Waals surface area contributed by atoms with Crippen molar-refractivity contribution in [3.63, 3.8) is 0 Å². The molecule has 0 spiro atoms. The molecule has 0 N–H and O–H groups in total. The third kappa shape index (κ3) is 0.870. The Bertz CT molecular complexity index is 316. The van der Waals surface area contributed by atoms with Crippen molar-refractivity contribution in [3.8, 4) is 0 Å². The maximum absolute atomic E-state index is 12.0. The van der Waals surface area contributed by atoms with Crippen LogP contribution < -0.4 is 0 Å². The van der Waals surface area contributed by atoms with Crippen LogP contribution in [0.4, 0.5) is 0 Å². The Labute approximate surface area is 85.1 Å². The predicted octanol–water partition coefficient (Wildman–Crippen LogP) is 2.22. The molecule has 0 bridgehead atoms. The standard InChI is InChI=1S/C12H18O2/c1-7-9-5-8(13)6-12(9,4)11(2,3)10(7)14/h7,9H,5-6H2,1-4H3. The van der Waals surface area contributed by atoms with Crippen molar-refractivity contribution in [2.45, 2.75) is 40.5 Å². The minimum absolute atomic E-state index is 0.0708. The van der Waals surface area contributed by atoms with Crippen LogP contribution in [0.15, 0.2) is 0 Å². The Morgan fingerprint density at radius 1 is 1.21 bits per heavy atom. The first-order chi connectivity index (χ1) is 6.30. The van der Waals surface area contributed by atoms with E-state index in [1.807, 2.05) is 20.8 Å². The number of hydrogen-bond donors (Lipinski definition) is 0. The van der Waals surface area contributed by atoms with E-state index in [0.29, 0.717) is 24.4 Å². The van der Waals surface area contributed by atoms with E-state index in [1.165, 1.54) is 0 Å². The van der Waals surface area contributed by atoms with Crippen LogP contribution in [0.25, 0.3) is 0 Å². The minimum Gasteiger partial charge on any atom is -0.300 e. The average Bonchev–Trinajstić information content (AvgIpc) is 2.44. The van der Waals surface area contributed by atoms with Gasteiger partial charge in [-0.1, -0.05) is 27.7 Å². The summed E-state index contributed by atoms with van der Waals surface area (Å²) in [6.07, 6.45) is 1.22. The Morgan fingerprint density at radius 2 is 1.79 bits per heavy atom. The van der Waals surface area contributed by atoms with Gasteiger partial charge in [0.25, 0.3) is 0 Å². The highest BCUT2D eigenvalue weighted by Crippen LogP contribution is 2.62. The van der Waals surface area contributed by atoms with E-state index in [0.717, 1.165) is 0 Å². The number of carbonyl (C=O) groups excluding carboxylic acids is 2. The smallest absolute Gasteiger partial charge is 0.142 e. The number of ketones is 2. The van der Waals surface area contributed by atoms with Gasteiger partial charge in [-0.2, -0.15) is 0 Å². The predicted molar refractivity (Wildman–Crippen MR) is 53.8 cm³/mol. The van der Waals surface area contributed by atoms with Gasteiger partial charge in [-0.3, -0.25) is 9.59 Å². The van der Waals surface area contributed by atoms with Gasteiger partial charge < -0.3 is 0 Å². The van der Waals surface area contributed by atoms with E-state index in [2.05, 4.69) is 6.92 Å². The van der Waals surface area contributed by atoms with Crippen LogP contribution in [0, 0.1) is 22.7 Å². The highest BCUT2D eigenvalue weighted by atomic mass is 16.1. The highest BCUT2D eigenvalue weighted by Gasteiger charge is 2.64. The zero-order chi connectivity index (χ0) is 10.7. The van der Waals surface area contributed by atoms with Gasteiger partial charge in [-0.05, 0) is 11.3 Å². The maximum Gasteiger partial charge on any atom is 0.142 e. The molecule has 2 aliphatic carbocycles. The van der Waals surface area contributed by atoms with Crippen molar-refractivity contribution in [3.05, 3.63) is 0 Å². The highest BCUT2D eigenvalue weighted by molar-refractivity contribution is 5.94. The molecule has 2 fully saturated rings. The summed E-state index contributed by atoms with van der Waals surface area (Å²) < 4.78 is 0. The number of carbonyl (C=O) groups is 2. The molecular formula is C12H18O2. The quantitative estimate of drug-likeness (QED) is 0.592. The van der Waals surface area contributed by atoms with Crippen molar-refractivity contribution >= 4 is 11.6 Å². The third-order valence-corrected chi connectivity index (χ3v) is 4.89. The SMILES string of the molecule is CC1C(=O)C(C)(C)C2(C)CC(=O)CC12. The van der Waals surface area contributed by atoms with Crippen molar-refractivity contribution in [1.29, 1.82) is 0 Å². The number of fused-ring (bicyclic) bond motifs is 1. The second-order valence-corrected chi connectivity index (χ2v) is 5.72. The lowest BCUT2D eigenvalue weighted by Crippen LogP contribution is -2.35. The monoisotopic (exact) mass is 194 g/mol. The zero-order valence-corrected chi connectivity index (χ0v) is 9.39. The Hall–Kier alpha value is -0.660. The van der Waals surface area contributed by atoms with Crippen molar-refractivity contribution in [2.75, 3.05) is 0 Å². The van der Waals surface area contributed by atoms with Crippen LogP contribution in [-0.4, -0.2) is 11.6 Å². The lowest BCUT2D eigenvalue weighted by atomic mass is 9.66. The number of hydrogen-bond acceptors (Lipinski definition) is 2. The molecule has 3 unspecified atom stereocenters. The molecule has 0 aromatic heterocycles. The van der Waals surface area contributed by atoms with Gasteiger partial charge >= 0.3 is 0 Å². The lowest BCUT2D eigenvalue weighted by Gasteiger charge is -2.36. The van der Waals surface area contributed by atoms with Gasteiger partial charge in [0.1, 0.15) is 11.6 Å². The molecular weight excluding hydrogens is 176 g/mol. The fraction of sp³-hybridized carbons (Fsp3) is 0.833. The molecule has 0 amide bonds. The van der Waals surface area contributed by atoms with Gasteiger partial charge in [0.15, 0.2) is 0 Å². The molecule has 3 atom stereocenters. The fourth-order valence-corrected chi connectivity index (χ4v) is 3.53. The molecule has 0 aromatic carbocycles. The van der Waals surface area contributed by atoms with E-state index in [1.54, 1.807) is 0 Å². The largest absolute Gasteiger partial charge is 0.300 e. The summed E-state index contributed by atoms with van der Waals surface area (Å²) in [7, 11) is 0. The summed E-state index contributed by atoms with van der Waals surface area (Å²) >= 11 is 0. The first-order valence-electron chi connectivity index (χ1n) is 5.37. The molecule has 2 nitrogen and oxygen atoms in total. The third-order valence-electron chi connectivity index (χ3n) is 4.89. The molecule has 2 heteroatoms. The molecule has 2 rings (SSSR count). The second-order valence-electron chi connectivity index (χ2n) is 5.72. The van der Waals surface area contributed by atoms with E-state index in [-0.39, 0.29) is 22.7 Å². The molecule has 2 saturated carbocycles. The van der Waals surface area contributed by atoms with Crippen LogP contribution in [0.5, 0.6) is 0 Å². The number of rotatable bonds is 0. The van der Waals surface area contributed by atoms with Crippen LogP contribution in [0.1, 0.15) is 40.5 Å². The fourth-order valence-electron chi connectivity index (χ4n) is 3.53. The van der Waals surface area contributed by atoms with Crippen LogP contribution in [0.3, 0.4) is 0 Å². The maximum atomic E-state index is 12.0. The van der Waals surface area contributed by atoms with Crippen molar-refractivity contribution < 1.29 is 9.59 Å². The Balaban J connectivity index is 2.49. The molecule has 0 radical (unpaired) electrons. The molecule has 0 aromatic rings. The summed E-state index contributed by atoms with van der Waals surface area (Å²) in [6, 6.07) is 0. The molecule has 0 saturated heterocycles. The summed E-state index contributed by atoms with van der Waals surface area (Å²) in [5, 5.41) is 0. The van der Waals surface area contributed by atoms with Crippen molar-refractivity contribution in [2.24, 2.45) is 22.7 Å². The molecule has 78 valence electrons. The Morgan fingerprint density at radius 3 is 2.29 bits per heavy atom. The van der Waals surface area contributed by atoms with E-state index < -0.39 is 0 Å². The summed E-state index contributed by atoms with van der Waals surface area (Å²) in [5.74, 6) is 1.04. The van der Waals surface area contributed by atoms with Crippen LogP contribution in [-0.2, 0) is 9.59 Å². The number of Topliss-reactive ketones (excluding diaryl/α,β-unsaturated/α-hetero) is 2. The molecule has 14 heavy (non-hydrogen) atoms.